The number of rotatable bonds is 28. The monoisotopic (exact) mass is 532 g/mol. The molecule has 0 aromatic carbocycles. The van der Waals surface area contributed by atoms with Gasteiger partial charge < -0.3 is 29.2 Å². The number of carbonyl (C=O) groups is 2. The van der Waals surface area contributed by atoms with Crippen molar-refractivity contribution in [3.8, 4) is 0 Å². The molecule has 0 bridgehead atoms. The zero-order chi connectivity index (χ0) is 27.4. The summed E-state index contributed by atoms with van der Waals surface area (Å²) in [5.41, 5.74) is 0. The minimum absolute atomic E-state index is 0.0481. The van der Waals surface area contributed by atoms with Crippen LogP contribution in [0.4, 0.5) is 0 Å². The van der Waals surface area contributed by atoms with Gasteiger partial charge in [-0.05, 0) is 38.5 Å². The van der Waals surface area contributed by atoms with Crippen molar-refractivity contribution in [2.75, 3.05) is 40.6 Å². The zero-order valence-electron chi connectivity index (χ0n) is 23.8. The van der Waals surface area contributed by atoms with Crippen LogP contribution in [0.25, 0.3) is 0 Å². The van der Waals surface area contributed by atoms with Gasteiger partial charge in [-0.25, -0.2) is 0 Å². The maximum atomic E-state index is 11.8. The van der Waals surface area contributed by atoms with Gasteiger partial charge in [0.1, 0.15) is 0 Å². The van der Waals surface area contributed by atoms with E-state index in [0.717, 1.165) is 109 Å². The van der Waals surface area contributed by atoms with Gasteiger partial charge in [-0.2, -0.15) is 0 Å². The highest BCUT2D eigenvalue weighted by molar-refractivity contribution is 5.69. The minimum atomic E-state index is -0.112. The standard InChI is InChI=1S/C29H56O8/c1-34-26(24-30)18-12-6-4-10-16-22-36-28(32)20-14-8-3-9-15-21-29(33)37-23-17-11-5-7-13-19-27(25-31)35-2/h26-27,30-31H,3-25H2,1-2H3. The van der Waals surface area contributed by atoms with E-state index in [-0.39, 0.29) is 37.4 Å². The third-order valence-electron chi connectivity index (χ3n) is 6.70. The molecule has 2 atom stereocenters. The van der Waals surface area contributed by atoms with Crippen LogP contribution in [0.1, 0.15) is 122 Å². The first-order valence-corrected chi connectivity index (χ1v) is 14.7. The summed E-state index contributed by atoms with van der Waals surface area (Å²) in [5, 5.41) is 18.1. The predicted octanol–water partition coefficient (Wildman–Crippen LogP) is 5.50. The average molecular weight is 533 g/mol. The molecule has 0 spiro atoms. The Morgan fingerprint density at radius 3 is 1.19 bits per heavy atom. The van der Waals surface area contributed by atoms with Crippen molar-refractivity contribution in [1.29, 1.82) is 0 Å². The quantitative estimate of drug-likeness (QED) is 0.100. The molecule has 2 unspecified atom stereocenters. The summed E-state index contributed by atoms with van der Waals surface area (Å²) in [6.07, 6.45) is 17.7. The van der Waals surface area contributed by atoms with Gasteiger partial charge in [-0.3, -0.25) is 9.59 Å². The molecule has 0 aromatic heterocycles. The van der Waals surface area contributed by atoms with Crippen LogP contribution in [-0.2, 0) is 28.5 Å². The zero-order valence-corrected chi connectivity index (χ0v) is 23.8. The molecular weight excluding hydrogens is 476 g/mol. The lowest BCUT2D eigenvalue weighted by Gasteiger charge is -2.11. The SMILES string of the molecule is COC(CO)CCCCCCCOC(=O)CCCCCCCC(=O)OCCCCCCCC(CO)OC. The highest BCUT2D eigenvalue weighted by Crippen LogP contribution is 2.12. The van der Waals surface area contributed by atoms with E-state index in [9.17, 15) is 9.59 Å². The largest absolute Gasteiger partial charge is 0.466 e. The molecule has 0 fully saturated rings. The molecule has 0 amide bonds. The maximum absolute atomic E-state index is 11.8. The Morgan fingerprint density at radius 1 is 0.514 bits per heavy atom. The Bertz CT molecular complexity index is 462. The summed E-state index contributed by atoms with van der Waals surface area (Å²) in [5.74, 6) is -0.224. The molecule has 0 radical (unpaired) electrons. The van der Waals surface area contributed by atoms with Gasteiger partial charge in [0.15, 0.2) is 0 Å². The number of hydrogen-bond acceptors (Lipinski definition) is 8. The summed E-state index contributed by atoms with van der Waals surface area (Å²) in [6, 6.07) is 0. The van der Waals surface area contributed by atoms with Crippen LogP contribution in [0.3, 0.4) is 0 Å². The van der Waals surface area contributed by atoms with E-state index in [1.54, 1.807) is 14.2 Å². The number of aliphatic hydroxyl groups excluding tert-OH is 2. The molecule has 0 heterocycles. The van der Waals surface area contributed by atoms with Crippen molar-refractivity contribution < 1.29 is 38.7 Å². The molecule has 0 aliphatic heterocycles. The predicted molar refractivity (Wildman–Crippen MR) is 145 cm³/mol. The lowest BCUT2D eigenvalue weighted by atomic mass is 10.1. The summed E-state index contributed by atoms with van der Waals surface area (Å²) < 4.78 is 20.9. The average Bonchev–Trinajstić information content (AvgIpc) is 2.91. The van der Waals surface area contributed by atoms with Gasteiger partial charge in [-0.15, -0.1) is 0 Å². The second kappa shape index (κ2) is 27.8. The van der Waals surface area contributed by atoms with Gasteiger partial charge in [0.2, 0.25) is 0 Å². The highest BCUT2D eigenvalue weighted by Gasteiger charge is 2.07. The Morgan fingerprint density at radius 2 is 0.838 bits per heavy atom. The van der Waals surface area contributed by atoms with Crippen molar-refractivity contribution in [1.82, 2.24) is 0 Å². The Labute approximate surface area is 225 Å². The summed E-state index contributed by atoms with van der Waals surface area (Å²) in [6.45, 7) is 1.15. The molecule has 2 N–H and O–H groups in total. The van der Waals surface area contributed by atoms with Crippen LogP contribution in [0.2, 0.25) is 0 Å². The van der Waals surface area contributed by atoms with Crippen molar-refractivity contribution in [2.45, 2.75) is 134 Å². The van der Waals surface area contributed by atoms with E-state index in [1.165, 1.54) is 0 Å². The molecular formula is C29H56O8. The first-order valence-electron chi connectivity index (χ1n) is 14.7. The second-order valence-corrected chi connectivity index (χ2v) is 9.90. The third kappa shape index (κ3) is 24.9. The smallest absolute Gasteiger partial charge is 0.305 e. The number of carbonyl (C=O) groups excluding carboxylic acids is 2. The van der Waals surface area contributed by atoms with Crippen molar-refractivity contribution in [3.63, 3.8) is 0 Å². The second-order valence-electron chi connectivity index (χ2n) is 9.90. The highest BCUT2D eigenvalue weighted by atomic mass is 16.5. The molecule has 0 aliphatic carbocycles. The lowest BCUT2D eigenvalue weighted by Crippen LogP contribution is -2.14. The van der Waals surface area contributed by atoms with Crippen LogP contribution < -0.4 is 0 Å². The van der Waals surface area contributed by atoms with Gasteiger partial charge in [0, 0.05) is 27.1 Å². The maximum Gasteiger partial charge on any atom is 0.305 e. The number of unbranched alkanes of at least 4 members (excludes halogenated alkanes) is 12. The van der Waals surface area contributed by atoms with E-state index in [0.29, 0.717) is 26.1 Å². The van der Waals surface area contributed by atoms with E-state index in [2.05, 4.69) is 0 Å². The van der Waals surface area contributed by atoms with E-state index >= 15 is 0 Å². The summed E-state index contributed by atoms with van der Waals surface area (Å²) in [7, 11) is 3.25. The molecule has 0 aliphatic rings. The summed E-state index contributed by atoms with van der Waals surface area (Å²) >= 11 is 0. The minimum Gasteiger partial charge on any atom is -0.466 e. The molecule has 0 rings (SSSR count). The number of aliphatic hydroxyl groups is 2. The Kier molecular flexibility index (Phi) is 26.9. The van der Waals surface area contributed by atoms with Crippen LogP contribution in [0, 0.1) is 0 Å². The summed E-state index contributed by atoms with van der Waals surface area (Å²) in [4.78, 5) is 23.6. The molecule has 37 heavy (non-hydrogen) atoms. The fraction of sp³-hybridized carbons (Fsp3) is 0.931. The molecule has 8 heteroatoms. The van der Waals surface area contributed by atoms with E-state index in [1.807, 2.05) is 0 Å². The van der Waals surface area contributed by atoms with E-state index in [4.69, 9.17) is 29.2 Å². The molecule has 8 nitrogen and oxygen atoms in total. The molecule has 0 aromatic rings. The van der Waals surface area contributed by atoms with E-state index < -0.39 is 0 Å². The van der Waals surface area contributed by atoms with Crippen LogP contribution in [0.5, 0.6) is 0 Å². The number of methoxy groups -OCH3 is 2. The normalized spacial score (nSPS) is 12.9. The Hall–Kier alpha value is -1.22. The Balaban J connectivity index is 3.35. The van der Waals surface area contributed by atoms with Gasteiger partial charge in [0.05, 0.1) is 38.6 Å². The third-order valence-corrected chi connectivity index (χ3v) is 6.70. The van der Waals surface area contributed by atoms with Crippen molar-refractivity contribution in [2.24, 2.45) is 0 Å². The topological polar surface area (TPSA) is 112 Å². The van der Waals surface area contributed by atoms with Crippen LogP contribution in [-0.4, -0.2) is 75.0 Å². The molecule has 0 saturated carbocycles. The van der Waals surface area contributed by atoms with Crippen molar-refractivity contribution in [3.05, 3.63) is 0 Å². The lowest BCUT2D eigenvalue weighted by molar-refractivity contribution is -0.144. The van der Waals surface area contributed by atoms with Gasteiger partial charge in [0.25, 0.3) is 0 Å². The first-order chi connectivity index (χ1) is 18.1. The number of hydrogen-bond donors (Lipinski definition) is 2. The molecule has 0 saturated heterocycles. The van der Waals surface area contributed by atoms with Crippen molar-refractivity contribution >= 4 is 11.9 Å². The fourth-order valence-corrected chi connectivity index (χ4v) is 4.16. The fourth-order valence-electron chi connectivity index (χ4n) is 4.16. The first kappa shape index (κ1) is 35.8. The molecule has 220 valence electrons. The number of esters is 2. The van der Waals surface area contributed by atoms with Crippen LogP contribution in [0.15, 0.2) is 0 Å². The van der Waals surface area contributed by atoms with Gasteiger partial charge >= 0.3 is 11.9 Å². The van der Waals surface area contributed by atoms with Gasteiger partial charge in [-0.1, -0.05) is 70.6 Å². The van der Waals surface area contributed by atoms with Crippen LogP contribution >= 0.6 is 0 Å². The number of ether oxygens (including phenoxy) is 4.